The topological polar surface area (TPSA) is 0 Å². The third-order valence-electron chi connectivity index (χ3n) is 2.13. The van der Waals surface area contributed by atoms with E-state index >= 15 is 0 Å². The minimum absolute atomic E-state index is 0.557. The summed E-state index contributed by atoms with van der Waals surface area (Å²) in [5.41, 5.74) is 0.553. The van der Waals surface area contributed by atoms with E-state index in [0.29, 0.717) is 9.96 Å². The van der Waals surface area contributed by atoms with Crippen molar-refractivity contribution in [1.82, 2.24) is 0 Å². The van der Waals surface area contributed by atoms with Crippen molar-refractivity contribution in [2.75, 3.05) is 0 Å². The van der Waals surface area contributed by atoms with E-state index in [1.165, 1.54) is 17.8 Å². The van der Waals surface area contributed by atoms with Crippen LogP contribution in [0.4, 0.5) is 13.2 Å². The Morgan fingerprint density at radius 3 is 2.41 bits per heavy atom. The number of hydrogen-bond donors (Lipinski definition) is 0. The first-order chi connectivity index (χ1) is 8.05. The number of benzene rings is 1. The molecule has 0 nitrogen and oxygen atoms in total. The molecule has 17 heavy (non-hydrogen) atoms. The number of thiophene rings is 1. The molecule has 0 bridgehead atoms. The van der Waals surface area contributed by atoms with Crippen molar-refractivity contribution in [2.24, 2.45) is 0 Å². The SMILES string of the molecule is FC(F)(F)c1csc(SCc2ccccc2)c1. The summed E-state index contributed by atoms with van der Waals surface area (Å²) in [7, 11) is 0. The number of halogens is 3. The smallest absolute Gasteiger partial charge is 0.166 e. The molecular formula is C12H9F3S2. The van der Waals surface area contributed by atoms with Crippen molar-refractivity contribution in [3.05, 3.63) is 52.9 Å². The highest BCUT2D eigenvalue weighted by atomic mass is 32.2. The molecule has 0 fully saturated rings. The van der Waals surface area contributed by atoms with Crippen LogP contribution in [-0.4, -0.2) is 0 Å². The van der Waals surface area contributed by atoms with Crippen LogP contribution in [0.3, 0.4) is 0 Å². The zero-order chi connectivity index (χ0) is 12.3. The Hall–Kier alpha value is -0.940. The summed E-state index contributed by atoms with van der Waals surface area (Å²) in [6.45, 7) is 0. The molecule has 0 radical (unpaired) electrons. The van der Waals surface area contributed by atoms with E-state index in [1.807, 2.05) is 30.3 Å². The van der Waals surface area contributed by atoms with Crippen molar-refractivity contribution in [3.8, 4) is 0 Å². The van der Waals surface area contributed by atoms with E-state index < -0.39 is 11.7 Å². The molecule has 0 aliphatic heterocycles. The van der Waals surface area contributed by atoms with E-state index in [4.69, 9.17) is 0 Å². The van der Waals surface area contributed by atoms with Crippen LogP contribution in [0.5, 0.6) is 0 Å². The van der Waals surface area contributed by atoms with Crippen molar-refractivity contribution < 1.29 is 13.2 Å². The maximum absolute atomic E-state index is 12.4. The highest BCUT2D eigenvalue weighted by Crippen LogP contribution is 2.37. The van der Waals surface area contributed by atoms with Gasteiger partial charge in [0, 0.05) is 11.1 Å². The zero-order valence-corrected chi connectivity index (χ0v) is 10.3. The Balaban J connectivity index is 1.99. The second-order valence-corrected chi connectivity index (χ2v) is 5.61. The summed E-state index contributed by atoms with van der Waals surface area (Å²) in [5.74, 6) is 0.693. The van der Waals surface area contributed by atoms with Crippen LogP contribution in [0.25, 0.3) is 0 Å². The summed E-state index contributed by atoms with van der Waals surface area (Å²) < 4.78 is 37.8. The Morgan fingerprint density at radius 2 is 1.82 bits per heavy atom. The Labute approximate surface area is 105 Å². The van der Waals surface area contributed by atoms with Crippen molar-refractivity contribution in [1.29, 1.82) is 0 Å². The molecular weight excluding hydrogens is 265 g/mol. The van der Waals surface area contributed by atoms with Gasteiger partial charge in [0.15, 0.2) is 0 Å². The molecule has 0 atom stereocenters. The molecule has 0 aliphatic carbocycles. The molecule has 0 unspecified atom stereocenters. The first-order valence-electron chi connectivity index (χ1n) is 4.88. The predicted molar refractivity (Wildman–Crippen MR) is 65.3 cm³/mol. The van der Waals surface area contributed by atoms with Gasteiger partial charge in [0.1, 0.15) is 0 Å². The Kier molecular flexibility index (Phi) is 3.79. The van der Waals surface area contributed by atoms with Crippen LogP contribution in [0.15, 0.2) is 46.0 Å². The van der Waals surface area contributed by atoms with E-state index in [9.17, 15) is 13.2 Å². The molecule has 90 valence electrons. The van der Waals surface area contributed by atoms with Crippen LogP contribution in [0.1, 0.15) is 11.1 Å². The van der Waals surface area contributed by atoms with Gasteiger partial charge in [-0.1, -0.05) is 30.3 Å². The average Bonchev–Trinajstić information content (AvgIpc) is 2.76. The van der Waals surface area contributed by atoms with Crippen LogP contribution in [0.2, 0.25) is 0 Å². The van der Waals surface area contributed by atoms with Gasteiger partial charge < -0.3 is 0 Å². The summed E-state index contributed by atoms with van der Waals surface area (Å²) in [4.78, 5) is 0. The lowest BCUT2D eigenvalue weighted by Crippen LogP contribution is -2.01. The molecule has 0 spiro atoms. The fraction of sp³-hybridized carbons (Fsp3) is 0.167. The van der Waals surface area contributed by atoms with Crippen LogP contribution >= 0.6 is 23.1 Å². The van der Waals surface area contributed by atoms with Crippen LogP contribution in [-0.2, 0) is 11.9 Å². The number of thioether (sulfide) groups is 1. The first-order valence-corrected chi connectivity index (χ1v) is 6.75. The van der Waals surface area contributed by atoms with Gasteiger partial charge in [-0.3, -0.25) is 0 Å². The maximum Gasteiger partial charge on any atom is 0.417 e. The fourth-order valence-corrected chi connectivity index (χ4v) is 3.21. The molecule has 0 aliphatic rings. The predicted octanol–water partition coefficient (Wildman–Crippen LogP) is 5.06. The van der Waals surface area contributed by atoms with Crippen LogP contribution in [0, 0.1) is 0 Å². The lowest BCUT2D eigenvalue weighted by Gasteiger charge is -2.01. The molecule has 2 aromatic rings. The highest BCUT2D eigenvalue weighted by molar-refractivity contribution is 8.00. The summed E-state index contributed by atoms with van der Waals surface area (Å²) in [6, 6.07) is 10.9. The van der Waals surface area contributed by atoms with Gasteiger partial charge in [-0.25, -0.2) is 0 Å². The second kappa shape index (κ2) is 5.14. The van der Waals surface area contributed by atoms with E-state index in [1.54, 1.807) is 0 Å². The number of rotatable bonds is 3. The zero-order valence-electron chi connectivity index (χ0n) is 8.70. The van der Waals surface area contributed by atoms with Gasteiger partial charge in [0.05, 0.1) is 9.77 Å². The molecule has 0 amide bonds. The lowest BCUT2D eigenvalue weighted by atomic mass is 10.2. The molecule has 5 heteroatoms. The van der Waals surface area contributed by atoms with E-state index in [-0.39, 0.29) is 0 Å². The van der Waals surface area contributed by atoms with Crippen LogP contribution < -0.4 is 0 Å². The monoisotopic (exact) mass is 274 g/mol. The number of alkyl halides is 3. The quantitative estimate of drug-likeness (QED) is 0.705. The third kappa shape index (κ3) is 3.51. The highest BCUT2D eigenvalue weighted by Gasteiger charge is 2.31. The first kappa shape index (κ1) is 12.5. The van der Waals surface area contributed by atoms with E-state index in [2.05, 4.69) is 0 Å². The third-order valence-corrected chi connectivity index (χ3v) is 4.37. The summed E-state index contributed by atoms with van der Waals surface area (Å²) in [6.07, 6.45) is -4.23. The summed E-state index contributed by atoms with van der Waals surface area (Å²) >= 11 is 2.57. The second-order valence-electron chi connectivity index (χ2n) is 3.43. The van der Waals surface area contributed by atoms with Crippen molar-refractivity contribution >= 4 is 23.1 Å². The molecule has 0 N–H and O–H groups in total. The maximum atomic E-state index is 12.4. The van der Waals surface area contributed by atoms with Gasteiger partial charge in [0.25, 0.3) is 0 Å². The largest absolute Gasteiger partial charge is 0.417 e. The molecule has 0 saturated carbocycles. The molecule has 1 heterocycles. The Bertz CT molecular complexity index is 474. The minimum Gasteiger partial charge on any atom is -0.166 e. The van der Waals surface area contributed by atoms with Gasteiger partial charge in [-0.05, 0) is 11.6 Å². The average molecular weight is 274 g/mol. The molecule has 0 saturated heterocycles. The van der Waals surface area contributed by atoms with Gasteiger partial charge in [-0.2, -0.15) is 13.2 Å². The van der Waals surface area contributed by atoms with Gasteiger partial charge >= 0.3 is 6.18 Å². The van der Waals surface area contributed by atoms with Crippen molar-refractivity contribution in [3.63, 3.8) is 0 Å². The van der Waals surface area contributed by atoms with Gasteiger partial charge in [0.2, 0.25) is 0 Å². The standard InChI is InChI=1S/C12H9F3S2/c13-12(14,15)10-6-11(17-8-10)16-7-9-4-2-1-3-5-9/h1-6,8H,7H2. The molecule has 2 rings (SSSR count). The Morgan fingerprint density at radius 1 is 1.12 bits per heavy atom. The fourth-order valence-electron chi connectivity index (χ4n) is 1.27. The summed E-state index contributed by atoms with van der Waals surface area (Å²) in [5, 5.41) is 1.16. The number of hydrogen-bond acceptors (Lipinski definition) is 2. The van der Waals surface area contributed by atoms with Crippen molar-refractivity contribution in [2.45, 2.75) is 16.1 Å². The minimum atomic E-state index is -4.23. The normalized spacial score (nSPS) is 11.7. The molecule has 1 aromatic carbocycles. The van der Waals surface area contributed by atoms with Gasteiger partial charge in [-0.15, -0.1) is 23.1 Å². The lowest BCUT2D eigenvalue weighted by molar-refractivity contribution is -0.137. The molecule has 1 aromatic heterocycles. The van der Waals surface area contributed by atoms with E-state index in [0.717, 1.165) is 22.3 Å².